The standard InChI is InChI=1S/C24H24ClF3N4O3/c1-12-8-13(6-7-35-12)32-20(33)11-24(2,31-23(32)29)15-4-3-5-19(21(15)25)30-22(34)14-9-17(27)18(28)10-16(14)26/h3-5,9-10,12-13H,6-8,11H2,1-2H3,(H2,29,31)(H,30,34)/t12-,13-,24+/m1/s1. The largest absolute Gasteiger partial charge is 0.378 e. The molecule has 35 heavy (non-hydrogen) atoms. The van der Waals surface area contributed by atoms with Crippen molar-refractivity contribution >= 4 is 35.1 Å². The summed E-state index contributed by atoms with van der Waals surface area (Å²) in [4.78, 5) is 31.8. The molecule has 3 atom stereocenters. The number of amides is 2. The van der Waals surface area contributed by atoms with E-state index >= 15 is 0 Å². The molecule has 0 spiro atoms. The first kappa shape index (κ1) is 25.0. The van der Waals surface area contributed by atoms with Crippen molar-refractivity contribution in [3.63, 3.8) is 0 Å². The molecular formula is C24H24ClF3N4O3. The Bertz CT molecular complexity index is 1220. The molecule has 0 saturated carbocycles. The Kier molecular flexibility index (Phi) is 6.79. The van der Waals surface area contributed by atoms with Crippen LogP contribution in [0, 0.1) is 17.5 Å². The molecule has 2 aromatic rings. The van der Waals surface area contributed by atoms with Crippen molar-refractivity contribution in [3.8, 4) is 0 Å². The molecule has 0 aromatic heterocycles. The third-order valence-corrected chi connectivity index (χ3v) is 6.68. The van der Waals surface area contributed by atoms with Gasteiger partial charge in [0.2, 0.25) is 5.91 Å². The van der Waals surface area contributed by atoms with Gasteiger partial charge >= 0.3 is 0 Å². The molecule has 2 heterocycles. The topological polar surface area (TPSA) is 97.0 Å². The molecule has 2 aromatic carbocycles. The van der Waals surface area contributed by atoms with Crippen molar-refractivity contribution in [2.75, 3.05) is 11.9 Å². The van der Waals surface area contributed by atoms with Crippen molar-refractivity contribution < 1.29 is 27.5 Å². The molecule has 0 radical (unpaired) electrons. The number of nitrogens with two attached hydrogens (primary N) is 1. The Balaban J connectivity index is 1.62. The van der Waals surface area contributed by atoms with Crippen LogP contribution in [0.4, 0.5) is 18.9 Å². The maximum Gasteiger partial charge on any atom is 0.258 e. The summed E-state index contributed by atoms with van der Waals surface area (Å²) in [6.07, 6.45) is 1.26. The lowest BCUT2D eigenvalue weighted by atomic mass is 9.86. The second kappa shape index (κ2) is 9.50. The summed E-state index contributed by atoms with van der Waals surface area (Å²) in [5.41, 5.74) is 4.93. The summed E-state index contributed by atoms with van der Waals surface area (Å²) in [5, 5.41) is 2.47. The van der Waals surface area contributed by atoms with Crippen LogP contribution in [-0.2, 0) is 15.1 Å². The quantitative estimate of drug-likeness (QED) is 0.600. The molecule has 0 unspecified atom stereocenters. The number of nitrogens with one attached hydrogen (secondary N) is 1. The van der Waals surface area contributed by atoms with Gasteiger partial charge in [-0.15, -0.1) is 0 Å². The summed E-state index contributed by atoms with van der Waals surface area (Å²) in [6, 6.07) is 5.32. The average Bonchev–Trinajstić information content (AvgIpc) is 2.77. The van der Waals surface area contributed by atoms with E-state index in [9.17, 15) is 22.8 Å². The zero-order chi connectivity index (χ0) is 25.5. The zero-order valence-corrected chi connectivity index (χ0v) is 19.8. The minimum Gasteiger partial charge on any atom is -0.378 e. The number of hydrogen-bond donors (Lipinski definition) is 2. The maximum atomic E-state index is 14.0. The number of ether oxygens (including phenoxy) is 1. The SMILES string of the molecule is C[C@@H]1C[C@H](N2C(=O)C[C@@](C)(c3cccc(NC(=O)c4cc(F)c(F)cc4F)c3Cl)N=C2N)CCO1. The molecular weight excluding hydrogens is 485 g/mol. The fourth-order valence-electron chi connectivity index (χ4n) is 4.54. The lowest BCUT2D eigenvalue weighted by molar-refractivity contribution is -0.133. The molecule has 2 aliphatic heterocycles. The van der Waals surface area contributed by atoms with E-state index in [1.807, 2.05) is 6.92 Å². The molecule has 4 rings (SSSR count). The number of carbonyl (C=O) groups excluding carboxylic acids is 2. The predicted octanol–water partition coefficient (Wildman–Crippen LogP) is 4.34. The molecule has 2 amide bonds. The highest BCUT2D eigenvalue weighted by atomic mass is 35.5. The van der Waals surface area contributed by atoms with E-state index in [2.05, 4.69) is 10.3 Å². The van der Waals surface area contributed by atoms with Crippen molar-refractivity contribution in [1.29, 1.82) is 0 Å². The molecule has 3 N–H and O–H groups in total. The Morgan fingerprint density at radius 1 is 1.26 bits per heavy atom. The fourth-order valence-corrected chi connectivity index (χ4v) is 4.92. The summed E-state index contributed by atoms with van der Waals surface area (Å²) in [7, 11) is 0. The smallest absolute Gasteiger partial charge is 0.258 e. The number of hydrogen-bond acceptors (Lipinski definition) is 5. The number of rotatable bonds is 4. The Hall–Kier alpha value is -3.11. The third kappa shape index (κ3) is 4.85. The molecule has 11 heteroatoms. The fraction of sp³-hybridized carbons (Fsp3) is 0.375. The number of aliphatic imine (C=N–C) groups is 1. The van der Waals surface area contributed by atoms with Crippen molar-refractivity contribution in [1.82, 2.24) is 4.90 Å². The van der Waals surface area contributed by atoms with Gasteiger partial charge in [0, 0.05) is 24.3 Å². The van der Waals surface area contributed by atoms with Crippen LogP contribution in [0.15, 0.2) is 35.3 Å². The first-order valence-electron chi connectivity index (χ1n) is 11.0. The van der Waals surface area contributed by atoms with Crippen molar-refractivity contribution in [3.05, 3.63) is 63.9 Å². The van der Waals surface area contributed by atoms with Gasteiger partial charge in [0.25, 0.3) is 5.91 Å². The number of anilines is 1. The van der Waals surface area contributed by atoms with Gasteiger partial charge in [0.05, 0.1) is 34.3 Å². The van der Waals surface area contributed by atoms with Crippen LogP contribution < -0.4 is 11.1 Å². The highest BCUT2D eigenvalue weighted by Gasteiger charge is 2.42. The van der Waals surface area contributed by atoms with Gasteiger partial charge in [-0.1, -0.05) is 23.7 Å². The second-order valence-electron chi connectivity index (χ2n) is 8.91. The van der Waals surface area contributed by atoms with Gasteiger partial charge in [0.15, 0.2) is 17.6 Å². The number of guanidine groups is 1. The number of carbonyl (C=O) groups is 2. The number of nitrogens with zero attached hydrogens (tertiary/aromatic N) is 2. The van der Waals surface area contributed by atoms with Crippen LogP contribution in [0.3, 0.4) is 0 Å². The number of benzene rings is 2. The van der Waals surface area contributed by atoms with Crippen LogP contribution in [0.1, 0.15) is 49.0 Å². The van der Waals surface area contributed by atoms with Gasteiger partial charge < -0.3 is 15.8 Å². The maximum absolute atomic E-state index is 14.0. The lowest BCUT2D eigenvalue weighted by Gasteiger charge is -2.41. The zero-order valence-electron chi connectivity index (χ0n) is 19.1. The van der Waals surface area contributed by atoms with Crippen LogP contribution in [-0.4, -0.2) is 41.4 Å². The molecule has 0 aliphatic carbocycles. The van der Waals surface area contributed by atoms with Crippen LogP contribution in [0.2, 0.25) is 5.02 Å². The Morgan fingerprint density at radius 3 is 2.66 bits per heavy atom. The van der Waals surface area contributed by atoms with E-state index in [4.69, 9.17) is 22.1 Å². The second-order valence-corrected chi connectivity index (χ2v) is 9.29. The first-order chi connectivity index (χ1) is 16.5. The monoisotopic (exact) mass is 508 g/mol. The summed E-state index contributed by atoms with van der Waals surface area (Å²) in [6.45, 7) is 4.15. The van der Waals surface area contributed by atoms with Gasteiger partial charge in [-0.3, -0.25) is 14.5 Å². The van der Waals surface area contributed by atoms with E-state index in [0.29, 0.717) is 37.1 Å². The van der Waals surface area contributed by atoms with E-state index in [0.717, 1.165) is 0 Å². The van der Waals surface area contributed by atoms with Crippen molar-refractivity contribution in [2.45, 2.75) is 50.8 Å². The Labute approximate surface area is 205 Å². The van der Waals surface area contributed by atoms with Gasteiger partial charge in [-0.2, -0.15) is 0 Å². The van der Waals surface area contributed by atoms with E-state index in [-0.39, 0.29) is 41.1 Å². The number of halogens is 4. The van der Waals surface area contributed by atoms with E-state index < -0.39 is 34.5 Å². The molecule has 2 aliphatic rings. The van der Waals surface area contributed by atoms with Crippen LogP contribution >= 0.6 is 11.6 Å². The van der Waals surface area contributed by atoms with E-state index in [1.165, 1.54) is 11.0 Å². The van der Waals surface area contributed by atoms with Gasteiger partial charge in [-0.05, 0) is 38.8 Å². The lowest BCUT2D eigenvalue weighted by Crippen LogP contribution is -2.56. The summed E-state index contributed by atoms with van der Waals surface area (Å²) >= 11 is 6.57. The minimum absolute atomic E-state index is 0.00295. The summed E-state index contributed by atoms with van der Waals surface area (Å²) < 4.78 is 46.3. The first-order valence-corrected chi connectivity index (χ1v) is 11.4. The minimum atomic E-state index is -1.41. The average molecular weight is 509 g/mol. The molecule has 0 bridgehead atoms. The Morgan fingerprint density at radius 2 is 1.97 bits per heavy atom. The van der Waals surface area contributed by atoms with Crippen LogP contribution in [0.5, 0.6) is 0 Å². The predicted molar refractivity (Wildman–Crippen MR) is 125 cm³/mol. The van der Waals surface area contributed by atoms with E-state index in [1.54, 1.807) is 19.1 Å². The highest BCUT2D eigenvalue weighted by Crippen LogP contribution is 2.41. The third-order valence-electron chi connectivity index (χ3n) is 6.28. The summed E-state index contributed by atoms with van der Waals surface area (Å²) in [5.74, 6) is -5.16. The van der Waals surface area contributed by atoms with Crippen LogP contribution in [0.25, 0.3) is 0 Å². The van der Waals surface area contributed by atoms with Gasteiger partial charge in [0.1, 0.15) is 5.82 Å². The van der Waals surface area contributed by atoms with Crippen molar-refractivity contribution in [2.24, 2.45) is 10.7 Å². The normalized spacial score (nSPS) is 24.8. The highest BCUT2D eigenvalue weighted by molar-refractivity contribution is 6.35. The molecule has 186 valence electrons. The molecule has 1 fully saturated rings. The molecule has 7 nitrogen and oxygen atoms in total. The van der Waals surface area contributed by atoms with Gasteiger partial charge in [-0.25, -0.2) is 18.2 Å². The molecule has 1 saturated heterocycles.